The molecule has 0 radical (unpaired) electrons. The summed E-state index contributed by atoms with van der Waals surface area (Å²) in [5, 5.41) is 1.01. The molecule has 21 heavy (non-hydrogen) atoms. The fourth-order valence-corrected chi connectivity index (χ4v) is 2.45. The first-order valence-corrected chi connectivity index (χ1v) is 7.37. The third kappa shape index (κ3) is 3.72. The third-order valence-corrected chi connectivity index (χ3v) is 3.67. The van der Waals surface area contributed by atoms with Crippen molar-refractivity contribution >= 4 is 16.8 Å². The number of hydrogen-bond donors (Lipinski definition) is 1. The lowest BCUT2D eigenvalue weighted by Crippen LogP contribution is -2.28. The molecule has 1 aromatic carbocycles. The molecule has 4 nitrogen and oxygen atoms in total. The van der Waals surface area contributed by atoms with Crippen LogP contribution in [-0.4, -0.2) is 29.4 Å². The van der Waals surface area contributed by atoms with E-state index in [1.165, 1.54) is 0 Å². The number of aryl methyl sites for hydroxylation is 2. The van der Waals surface area contributed by atoms with Crippen molar-refractivity contribution in [1.29, 1.82) is 0 Å². The molecule has 1 N–H and O–H groups in total. The zero-order valence-corrected chi connectivity index (χ0v) is 12.9. The Balaban J connectivity index is 2.17. The number of rotatable bonds is 5. The maximum absolute atomic E-state index is 12.0. The van der Waals surface area contributed by atoms with Crippen molar-refractivity contribution in [2.75, 3.05) is 13.6 Å². The van der Waals surface area contributed by atoms with Crippen molar-refractivity contribution in [1.82, 2.24) is 9.88 Å². The summed E-state index contributed by atoms with van der Waals surface area (Å²) in [5.74, 6) is 0.0839. The zero-order valence-electron chi connectivity index (χ0n) is 12.9. The molecule has 4 heteroatoms. The van der Waals surface area contributed by atoms with Gasteiger partial charge in [0.2, 0.25) is 5.91 Å². The molecule has 0 aliphatic rings. The summed E-state index contributed by atoms with van der Waals surface area (Å²) >= 11 is 0. The van der Waals surface area contributed by atoms with Crippen LogP contribution < -0.4 is 5.56 Å². The number of amides is 1. The standard InChI is InChI=1S/C17H22N2O2/c1-4-9-19(3)16(20)8-6-13-11-14-10-12(2)5-7-15(14)18-17(13)21/h5,7,10-11H,4,6,8-9H2,1-3H3,(H,18,21). The highest BCUT2D eigenvalue weighted by atomic mass is 16.2. The summed E-state index contributed by atoms with van der Waals surface area (Å²) in [4.78, 5) is 28.6. The summed E-state index contributed by atoms with van der Waals surface area (Å²) in [6.45, 7) is 4.82. The molecule has 1 amide bonds. The van der Waals surface area contributed by atoms with Crippen LogP contribution in [0, 0.1) is 6.92 Å². The molecule has 0 spiro atoms. The highest BCUT2D eigenvalue weighted by Gasteiger charge is 2.10. The first-order chi connectivity index (χ1) is 10.0. The molecule has 0 bridgehead atoms. The maximum atomic E-state index is 12.0. The summed E-state index contributed by atoms with van der Waals surface area (Å²) in [6, 6.07) is 7.82. The average Bonchev–Trinajstić information content (AvgIpc) is 2.45. The molecule has 0 aliphatic carbocycles. The molecule has 0 aliphatic heterocycles. The number of aromatic nitrogens is 1. The molecule has 2 aromatic rings. The van der Waals surface area contributed by atoms with Crippen LogP contribution in [0.25, 0.3) is 10.9 Å². The molecule has 2 rings (SSSR count). The summed E-state index contributed by atoms with van der Waals surface area (Å²) in [5.41, 5.74) is 2.56. The van der Waals surface area contributed by atoms with Crippen molar-refractivity contribution in [3.8, 4) is 0 Å². The first-order valence-electron chi connectivity index (χ1n) is 7.37. The number of nitrogens with zero attached hydrogens (tertiary/aromatic N) is 1. The van der Waals surface area contributed by atoms with E-state index in [1.807, 2.05) is 38.1 Å². The predicted octanol–water partition coefficient (Wildman–Crippen LogP) is 2.64. The molecule has 0 saturated heterocycles. The molecule has 1 heterocycles. The minimum Gasteiger partial charge on any atom is -0.346 e. The Morgan fingerprint density at radius 2 is 2.05 bits per heavy atom. The molecular formula is C17H22N2O2. The van der Waals surface area contributed by atoms with Crippen molar-refractivity contribution in [3.63, 3.8) is 0 Å². The van der Waals surface area contributed by atoms with Crippen molar-refractivity contribution in [2.45, 2.75) is 33.1 Å². The van der Waals surface area contributed by atoms with Gasteiger partial charge in [0.05, 0.1) is 0 Å². The number of hydrogen-bond acceptors (Lipinski definition) is 2. The van der Waals surface area contributed by atoms with Crippen LogP contribution >= 0.6 is 0 Å². The van der Waals surface area contributed by atoms with E-state index in [9.17, 15) is 9.59 Å². The summed E-state index contributed by atoms with van der Waals surface area (Å²) in [7, 11) is 1.81. The number of H-pyrrole nitrogens is 1. The monoisotopic (exact) mass is 286 g/mol. The fourth-order valence-electron chi connectivity index (χ4n) is 2.45. The Kier molecular flexibility index (Phi) is 4.78. The number of aromatic amines is 1. The van der Waals surface area contributed by atoms with Gasteiger partial charge in [0.1, 0.15) is 0 Å². The van der Waals surface area contributed by atoms with Gasteiger partial charge in [0.25, 0.3) is 5.56 Å². The van der Waals surface area contributed by atoms with E-state index in [0.29, 0.717) is 18.4 Å². The van der Waals surface area contributed by atoms with Gasteiger partial charge in [-0.2, -0.15) is 0 Å². The number of carbonyl (C=O) groups excluding carboxylic acids is 1. The Morgan fingerprint density at radius 1 is 1.29 bits per heavy atom. The van der Waals surface area contributed by atoms with E-state index in [4.69, 9.17) is 0 Å². The molecule has 0 fully saturated rings. The van der Waals surface area contributed by atoms with Gasteiger partial charge in [0, 0.05) is 31.1 Å². The lowest BCUT2D eigenvalue weighted by molar-refractivity contribution is -0.129. The van der Waals surface area contributed by atoms with E-state index in [-0.39, 0.29) is 11.5 Å². The smallest absolute Gasteiger partial charge is 0.251 e. The van der Waals surface area contributed by atoms with Gasteiger partial charge in [-0.05, 0) is 43.4 Å². The number of benzene rings is 1. The van der Waals surface area contributed by atoms with Crippen molar-refractivity contribution in [3.05, 3.63) is 45.7 Å². The number of nitrogens with one attached hydrogen (secondary N) is 1. The topological polar surface area (TPSA) is 53.2 Å². The van der Waals surface area contributed by atoms with Crippen LogP contribution in [0.3, 0.4) is 0 Å². The van der Waals surface area contributed by atoms with Gasteiger partial charge < -0.3 is 9.88 Å². The number of fused-ring (bicyclic) bond motifs is 1. The van der Waals surface area contributed by atoms with Crippen LogP contribution in [-0.2, 0) is 11.2 Å². The van der Waals surface area contributed by atoms with Crippen LogP contribution in [0.4, 0.5) is 0 Å². The lowest BCUT2D eigenvalue weighted by atomic mass is 10.1. The third-order valence-electron chi connectivity index (χ3n) is 3.67. The van der Waals surface area contributed by atoms with Crippen LogP contribution in [0.2, 0.25) is 0 Å². The normalized spacial score (nSPS) is 10.8. The SMILES string of the molecule is CCCN(C)C(=O)CCc1cc2cc(C)ccc2[nH]c1=O. The minimum atomic E-state index is -0.0997. The van der Waals surface area contributed by atoms with Gasteiger partial charge in [-0.15, -0.1) is 0 Å². The maximum Gasteiger partial charge on any atom is 0.251 e. The highest BCUT2D eigenvalue weighted by molar-refractivity contribution is 5.80. The first kappa shape index (κ1) is 15.3. The second-order valence-electron chi connectivity index (χ2n) is 5.53. The van der Waals surface area contributed by atoms with Gasteiger partial charge in [-0.1, -0.05) is 18.6 Å². The van der Waals surface area contributed by atoms with Gasteiger partial charge >= 0.3 is 0 Å². The minimum absolute atomic E-state index is 0.0839. The van der Waals surface area contributed by atoms with Gasteiger partial charge in [-0.25, -0.2) is 0 Å². The quantitative estimate of drug-likeness (QED) is 0.918. The predicted molar refractivity (Wildman–Crippen MR) is 85.6 cm³/mol. The summed E-state index contributed by atoms with van der Waals surface area (Å²) < 4.78 is 0. The Morgan fingerprint density at radius 3 is 2.76 bits per heavy atom. The van der Waals surface area contributed by atoms with E-state index >= 15 is 0 Å². The fraction of sp³-hybridized carbons (Fsp3) is 0.412. The second kappa shape index (κ2) is 6.57. The van der Waals surface area contributed by atoms with E-state index in [1.54, 1.807) is 11.9 Å². The van der Waals surface area contributed by atoms with Crippen LogP contribution in [0.1, 0.15) is 30.9 Å². The number of pyridine rings is 1. The van der Waals surface area contributed by atoms with E-state index in [2.05, 4.69) is 4.98 Å². The number of carbonyl (C=O) groups is 1. The highest BCUT2D eigenvalue weighted by Crippen LogP contribution is 2.14. The van der Waals surface area contributed by atoms with Gasteiger partial charge in [0.15, 0.2) is 0 Å². The lowest BCUT2D eigenvalue weighted by Gasteiger charge is -2.15. The molecule has 0 atom stereocenters. The molecule has 112 valence electrons. The largest absolute Gasteiger partial charge is 0.346 e. The molecule has 0 unspecified atom stereocenters. The van der Waals surface area contributed by atoms with Gasteiger partial charge in [-0.3, -0.25) is 9.59 Å². The molecular weight excluding hydrogens is 264 g/mol. The zero-order chi connectivity index (χ0) is 15.4. The van der Waals surface area contributed by atoms with Crippen LogP contribution in [0.15, 0.2) is 29.1 Å². The summed E-state index contributed by atoms with van der Waals surface area (Å²) in [6.07, 6.45) is 1.79. The Bertz CT molecular complexity index is 703. The van der Waals surface area contributed by atoms with E-state index in [0.717, 1.165) is 29.4 Å². The van der Waals surface area contributed by atoms with Crippen LogP contribution in [0.5, 0.6) is 0 Å². The van der Waals surface area contributed by atoms with E-state index < -0.39 is 0 Å². The average molecular weight is 286 g/mol. The molecule has 0 saturated carbocycles. The molecule has 1 aromatic heterocycles. The van der Waals surface area contributed by atoms with Crippen molar-refractivity contribution < 1.29 is 4.79 Å². The Labute approximate surface area is 124 Å². The van der Waals surface area contributed by atoms with Crippen molar-refractivity contribution in [2.24, 2.45) is 0 Å². The Hall–Kier alpha value is -2.10. The second-order valence-corrected chi connectivity index (χ2v) is 5.53.